The van der Waals surface area contributed by atoms with Crippen LogP contribution in [0.2, 0.25) is 0 Å². The van der Waals surface area contributed by atoms with E-state index < -0.39 is 0 Å². The summed E-state index contributed by atoms with van der Waals surface area (Å²) < 4.78 is 2.29. The fourth-order valence-corrected chi connectivity index (χ4v) is 2.63. The molecule has 5 nitrogen and oxygen atoms in total. The van der Waals surface area contributed by atoms with Gasteiger partial charge in [-0.05, 0) is 19.1 Å². The second kappa shape index (κ2) is 3.80. The highest BCUT2D eigenvalue weighted by molar-refractivity contribution is 8.00. The lowest BCUT2D eigenvalue weighted by atomic mass is 10.4. The molecule has 1 aliphatic rings. The van der Waals surface area contributed by atoms with Gasteiger partial charge in [0.15, 0.2) is 11.5 Å². The van der Waals surface area contributed by atoms with Gasteiger partial charge in [-0.1, -0.05) is 0 Å². The number of nitrogens with one attached hydrogen (secondary N) is 1. The van der Waals surface area contributed by atoms with Crippen LogP contribution in [0, 0.1) is 0 Å². The van der Waals surface area contributed by atoms with E-state index in [1.165, 1.54) is 12.8 Å². The van der Waals surface area contributed by atoms with E-state index in [0.29, 0.717) is 10.6 Å². The molecule has 0 bridgehead atoms. The summed E-state index contributed by atoms with van der Waals surface area (Å²) in [5.74, 6) is 1.28. The van der Waals surface area contributed by atoms with Crippen LogP contribution in [0.3, 0.4) is 0 Å². The zero-order chi connectivity index (χ0) is 11.9. The van der Waals surface area contributed by atoms with Crippen LogP contribution in [0.15, 0.2) is 18.6 Å². The van der Waals surface area contributed by atoms with Crippen molar-refractivity contribution < 1.29 is 0 Å². The second-order valence-electron chi connectivity index (χ2n) is 4.41. The number of fused-ring (bicyclic) bond motifs is 1. The molecule has 2 heterocycles. The summed E-state index contributed by atoms with van der Waals surface area (Å²) in [6.07, 6.45) is 10.1. The van der Waals surface area contributed by atoms with Crippen LogP contribution in [0.25, 0.3) is 5.65 Å². The molecule has 1 fully saturated rings. The molecule has 3 N–H and O–H groups in total. The van der Waals surface area contributed by atoms with E-state index in [2.05, 4.69) is 21.5 Å². The fraction of sp³-hybridized carbons (Fsp3) is 0.455. The normalized spacial score (nSPS) is 17.2. The number of imidazole rings is 1. The van der Waals surface area contributed by atoms with Gasteiger partial charge in [0.25, 0.3) is 0 Å². The fourth-order valence-electron chi connectivity index (χ4n) is 1.91. The van der Waals surface area contributed by atoms with Crippen molar-refractivity contribution in [3.8, 4) is 0 Å². The van der Waals surface area contributed by atoms with Gasteiger partial charge in [0.2, 0.25) is 0 Å². The molecule has 0 amide bonds. The monoisotopic (exact) mass is 249 g/mol. The summed E-state index contributed by atoms with van der Waals surface area (Å²) in [7, 11) is 0. The standard InChI is InChI=1S/C11H15N5S/c1-17-11(2-3-11)7-14-9-10-13-4-5-16(10)6-8(12)15-9/h4-6H,2-3,7,12H2,1H3,(H,14,15). The number of nitrogens with two attached hydrogens (primary N) is 1. The minimum atomic E-state index is 0.399. The first-order valence-corrected chi connectivity index (χ1v) is 6.83. The molecule has 0 atom stereocenters. The highest BCUT2D eigenvalue weighted by Gasteiger charge is 2.41. The van der Waals surface area contributed by atoms with Gasteiger partial charge >= 0.3 is 0 Å². The van der Waals surface area contributed by atoms with Crippen LogP contribution in [-0.2, 0) is 0 Å². The van der Waals surface area contributed by atoms with Crippen molar-refractivity contribution in [3.05, 3.63) is 18.6 Å². The number of thioether (sulfide) groups is 1. The number of aromatic nitrogens is 3. The Hall–Kier alpha value is -1.43. The van der Waals surface area contributed by atoms with Gasteiger partial charge in [0.05, 0.1) is 6.20 Å². The number of hydrogen-bond acceptors (Lipinski definition) is 5. The highest BCUT2D eigenvalue weighted by atomic mass is 32.2. The Morgan fingerprint density at radius 2 is 2.41 bits per heavy atom. The first kappa shape index (κ1) is 10.7. The molecular weight excluding hydrogens is 234 g/mol. The summed E-state index contributed by atoms with van der Waals surface area (Å²) in [5, 5.41) is 3.37. The lowest BCUT2D eigenvalue weighted by molar-refractivity contribution is 0.938. The Morgan fingerprint density at radius 1 is 1.59 bits per heavy atom. The zero-order valence-corrected chi connectivity index (χ0v) is 10.5. The molecule has 0 aliphatic heterocycles. The largest absolute Gasteiger partial charge is 0.382 e. The first-order valence-electron chi connectivity index (χ1n) is 5.61. The Bertz CT molecular complexity index is 546. The van der Waals surface area contributed by atoms with Crippen molar-refractivity contribution in [2.45, 2.75) is 17.6 Å². The number of nitrogen functional groups attached to an aromatic ring is 1. The van der Waals surface area contributed by atoms with E-state index in [0.717, 1.165) is 18.0 Å². The summed E-state index contributed by atoms with van der Waals surface area (Å²) in [5.41, 5.74) is 6.60. The summed E-state index contributed by atoms with van der Waals surface area (Å²) in [4.78, 5) is 8.60. The van der Waals surface area contributed by atoms with E-state index in [1.807, 2.05) is 22.4 Å². The van der Waals surface area contributed by atoms with Gasteiger partial charge in [0.1, 0.15) is 5.82 Å². The van der Waals surface area contributed by atoms with Gasteiger partial charge in [-0.2, -0.15) is 11.8 Å². The van der Waals surface area contributed by atoms with Crippen LogP contribution >= 0.6 is 11.8 Å². The smallest absolute Gasteiger partial charge is 0.180 e. The Morgan fingerprint density at radius 3 is 3.12 bits per heavy atom. The van der Waals surface area contributed by atoms with Gasteiger partial charge < -0.3 is 15.5 Å². The van der Waals surface area contributed by atoms with Gasteiger partial charge in [-0.25, -0.2) is 9.97 Å². The average Bonchev–Trinajstić information content (AvgIpc) is 2.96. The van der Waals surface area contributed by atoms with E-state index in [1.54, 1.807) is 12.4 Å². The van der Waals surface area contributed by atoms with Crippen molar-refractivity contribution in [1.29, 1.82) is 0 Å². The molecular formula is C11H15N5S. The molecule has 1 saturated carbocycles. The molecule has 2 aromatic rings. The molecule has 90 valence electrons. The molecule has 6 heteroatoms. The van der Waals surface area contributed by atoms with Crippen LogP contribution in [0.5, 0.6) is 0 Å². The van der Waals surface area contributed by atoms with Gasteiger partial charge in [-0.15, -0.1) is 0 Å². The lowest BCUT2D eigenvalue weighted by Gasteiger charge is -2.14. The van der Waals surface area contributed by atoms with Crippen molar-refractivity contribution >= 4 is 29.0 Å². The van der Waals surface area contributed by atoms with Crippen molar-refractivity contribution in [3.63, 3.8) is 0 Å². The molecule has 0 aromatic carbocycles. The third-order valence-electron chi connectivity index (χ3n) is 3.21. The van der Waals surface area contributed by atoms with Crippen molar-refractivity contribution in [2.75, 3.05) is 23.9 Å². The number of anilines is 2. The first-order chi connectivity index (χ1) is 8.22. The predicted molar refractivity (Wildman–Crippen MR) is 71.4 cm³/mol. The molecule has 17 heavy (non-hydrogen) atoms. The number of hydrogen-bond donors (Lipinski definition) is 2. The summed E-state index contributed by atoms with van der Waals surface area (Å²) >= 11 is 1.92. The van der Waals surface area contributed by atoms with Crippen LogP contribution < -0.4 is 11.1 Å². The van der Waals surface area contributed by atoms with Crippen molar-refractivity contribution in [2.24, 2.45) is 0 Å². The Labute approximate surface area is 104 Å². The number of nitrogens with zero attached hydrogens (tertiary/aromatic N) is 3. The van der Waals surface area contributed by atoms with Crippen LogP contribution in [0.4, 0.5) is 11.6 Å². The average molecular weight is 249 g/mol. The third-order valence-corrected chi connectivity index (χ3v) is 4.63. The summed E-state index contributed by atoms with van der Waals surface area (Å²) in [6, 6.07) is 0. The Balaban J connectivity index is 1.86. The maximum Gasteiger partial charge on any atom is 0.180 e. The zero-order valence-electron chi connectivity index (χ0n) is 9.68. The molecule has 2 aromatic heterocycles. The molecule has 0 saturated heterocycles. The van der Waals surface area contributed by atoms with E-state index in [-0.39, 0.29) is 0 Å². The van der Waals surface area contributed by atoms with Crippen LogP contribution in [0.1, 0.15) is 12.8 Å². The SMILES string of the molecule is CSC1(CNc2nc(N)cn3ccnc23)CC1. The van der Waals surface area contributed by atoms with E-state index in [4.69, 9.17) is 5.73 Å². The number of rotatable bonds is 4. The molecule has 0 radical (unpaired) electrons. The minimum Gasteiger partial charge on any atom is -0.382 e. The quantitative estimate of drug-likeness (QED) is 0.861. The van der Waals surface area contributed by atoms with Crippen molar-refractivity contribution in [1.82, 2.24) is 14.4 Å². The highest BCUT2D eigenvalue weighted by Crippen LogP contribution is 2.47. The van der Waals surface area contributed by atoms with Gasteiger partial charge in [0, 0.05) is 23.7 Å². The topological polar surface area (TPSA) is 68.2 Å². The van der Waals surface area contributed by atoms with Gasteiger partial charge in [-0.3, -0.25) is 0 Å². The third kappa shape index (κ3) is 1.93. The molecule has 0 spiro atoms. The van der Waals surface area contributed by atoms with E-state index in [9.17, 15) is 0 Å². The maximum atomic E-state index is 5.77. The molecule has 3 rings (SSSR count). The maximum absolute atomic E-state index is 5.77. The lowest BCUT2D eigenvalue weighted by Crippen LogP contribution is -2.19. The van der Waals surface area contributed by atoms with E-state index >= 15 is 0 Å². The minimum absolute atomic E-state index is 0.399. The summed E-state index contributed by atoms with van der Waals surface area (Å²) in [6.45, 7) is 0.924. The second-order valence-corrected chi connectivity index (χ2v) is 5.69. The predicted octanol–water partition coefficient (Wildman–Crippen LogP) is 1.62. The van der Waals surface area contributed by atoms with Crippen LogP contribution in [-0.4, -0.2) is 31.9 Å². The molecule has 0 unspecified atom stereocenters. The molecule has 1 aliphatic carbocycles. The Kier molecular flexibility index (Phi) is 2.39.